The first-order valence-corrected chi connectivity index (χ1v) is 9.20. The van der Waals surface area contributed by atoms with Gasteiger partial charge < -0.3 is 4.42 Å². The van der Waals surface area contributed by atoms with Gasteiger partial charge in [0.2, 0.25) is 15.9 Å². The fourth-order valence-corrected chi connectivity index (χ4v) is 2.72. The number of anilines is 1. The molecular weight excluding hydrogens is 374 g/mol. The van der Waals surface area contributed by atoms with E-state index in [-0.39, 0.29) is 28.1 Å². The van der Waals surface area contributed by atoms with Gasteiger partial charge in [-0.05, 0) is 42.5 Å². The third kappa shape index (κ3) is 3.97. The van der Waals surface area contributed by atoms with Crippen LogP contribution in [0.25, 0.3) is 22.8 Å². The van der Waals surface area contributed by atoms with E-state index in [1.807, 2.05) is 0 Å². The van der Waals surface area contributed by atoms with Crippen LogP contribution < -0.4 is 4.72 Å². The summed E-state index contributed by atoms with van der Waals surface area (Å²) in [5.74, 6) is -1.17. The Morgan fingerprint density at radius 1 is 1.08 bits per heavy atom. The molecule has 3 aromatic rings. The van der Waals surface area contributed by atoms with Gasteiger partial charge in [0, 0.05) is 11.1 Å². The maximum absolute atomic E-state index is 13.7. The molecule has 1 N–H and O–H groups in total. The number of halogens is 3. The number of nitrogens with one attached hydrogen (secondary N) is 1. The molecule has 0 radical (unpaired) electrons. The molecule has 3 rings (SSSR count). The van der Waals surface area contributed by atoms with Gasteiger partial charge in [-0.1, -0.05) is 11.6 Å². The molecule has 0 unspecified atom stereocenters. The van der Waals surface area contributed by atoms with Crippen molar-refractivity contribution in [2.45, 2.75) is 0 Å². The standard InChI is InChI=1S/C16H11ClF2N2O3S/c1-25(22,23)21-15-14(10-4-7-12(17)13(19)8-10)24-16(20-15)9-2-5-11(18)6-3-9/h2-8,21H,1H3. The SMILES string of the molecule is CS(=O)(=O)Nc1nc(-c2ccc(F)cc2)oc1-c1ccc(Cl)c(F)c1. The molecule has 2 aromatic carbocycles. The number of hydrogen-bond acceptors (Lipinski definition) is 4. The van der Waals surface area contributed by atoms with Crippen molar-refractivity contribution in [1.82, 2.24) is 4.98 Å². The molecule has 0 aliphatic carbocycles. The third-order valence-corrected chi connectivity index (χ3v) is 4.05. The summed E-state index contributed by atoms with van der Waals surface area (Å²) in [5.41, 5.74) is 0.674. The van der Waals surface area contributed by atoms with E-state index in [1.54, 1.807) is 0 Å². The van der Waals surface area contributed by atoms with Crippen LogP contribution in [0.15, 0.2) is 46.9 Å². The molecule has 25 heavy (non-hydrogen) atoms. The van der Waals surface area contributed by atoms with E-state index >= 15 is 0 Å². The zero-order chi connectivity index (χ0) is 18.2. The summed E-state index contributed by atoms with van der Waals surface area (Å²) in [4.78, 5) is 4.09. The van der Waals surface area contributed by atoms with Crippen LogP contribution in [0.3, 0.4) is 0 Å². The van der Waals surface area contributed by atoms with Crippen molar-refractivity contribution in [2.75, 3.05) is 11.0 Å². The Morgan fingerprint density at radius 2 is 1.72 bits per heavy atom. The normalized spacial score (nSPS) is 11.5. The number of oxazole rings is 1. The monoisotopic (exact) mass is 384 g/mol. The third-order valence-electron chi connectivity index (χ3n) is 3.18. The first kappa shape index (κ1) is 17.4. The van der Waals surface area contributed by atoms with Gasteiger partial charge in [-0.3, -0.25) is 4.72 Å². The first-order valence-electron chi connectivity index (χ1n) is 6.93. The average Bonchev–Trinajstić information content (AvgIpc) is 2.92. The Hall–Kier alpha value is -2.45. The molecule has 130 valence electrons. The lowest BCUT2D eigenvalue weighted by Gasteiger charge is -2.03. The predicted octanol–water partition coefficient (Wildman–Crippen LogP) is 4.31. The second-order valence-corrected chi connectivity index (χ2v) is 7.36. The fourth-order valence-electron chi connectivity index (χ4n) is 2.11. The smallest absolute Gasteiger partial charge is 0.231 e. The Kier molecular flexibility index (Phi) is 4.49. The van der Waals surface area contributed by atoms with Crippen molar-refractivity contribution in [2.24, 2.45) is 0 Å². The van der Waals surface area contributed by atoms with Gasteiger partial charge in [0.1, 0.15) is 11.6 Å². The van der Waals surface area contributed by atoms with Gasteiger partial charge in [0.05, 0.1) is 11.3 Å². The van der Waals surface area contributed by atoms with Crippen LogP contribution in [0.5, 0.6) is 0 Å². The summed E-state index contributed by atoms with van der Waals surface area (Å²) in [6.07, 6.45) is 0.950. The quantitative estimate of drug-likeness (QED) is 0.727. The first-order chi connectivity index (χ1) is 11.7. The molecule has 0 saturated heterocycles. The van der Waals surface area contributed by atoms with Crippen LogP contribution in [0, 0.1) is 11.6 Å². The molecule has 1 heterocycles. The van der Waals surface area contributed by atoms with Crippen LogP contribution in [-0.4, -0.2) is 19.7 Å². The molecule has 0 bridgehead atoms. The van der Waals surface area contributed by atoms with E-state index in [0.29, 0.717) is 5.56 Å². The zero-order valence-electron chi connectivity index (χ0n) is 12.8. The van der Waals surface area contributed by atoms with Crippen molar-refractivity contribution < 1.29 is 21.6 Å². The van der Waals surface area contributed by atoms with E-state index in [2.05, 4.69) is 9.71 Å². The molecule has 0 aliphatic rings. The van der Waals surface area contributed by atoms with E-state index in [1.165, 1.54) is 36.4 Å². The molecule has 9 heteroatoms. The second kappa shape index (κ2) is 6.45. The largest absolute Gasteiger partial charge is 0.434 e. The Bertz CT molecular complexity index is 1030. The minimum atomic E-state index is -3.65. The van der Waals surface area contributed by atoms with Crippen LogP contribution >= 0.6 is 11.6 Å². The maximum Gasteiger partial charge on any atom is 0.231 e. The molecule has 5 nitrogen and oxygen atoms in total. The molecule has 0 saturated carbocycles. The van der Waals surface area contributed by atoms with E-state index in [9.17, 15) is 17.2 Å². The lowest BCUT2D eigenvalue weighted by atomic mass is 10.2. The highest BCUT2D eigenvalue weighted by atomic mass is 35.5. The fraction of sp³-hybridized carbons (Fsp3) is 0.0625. The van der Waals surface area contributed by atoms with E-state index in [4.69, 9.17) is 16.0 Å². The topological polar surface area (TPSA) is 72.2 Å². The molecule has 0 spiro atoms. The molecule has 0 atom stereocenters. The summed E-state index contributed by atoms with van der Waals surface area (Å²) in [6.45, 7) is 0. The van der Waals surface area contributed by atoms with Gasteiger partial charge in [-0.15, -0.1) is 0 Å². The van der Waals surface area contributed by atoms with Crippen molar-refractivity contribution in [3.63, 3.8) is 0 Å². The Morgan fingerprint density at radius 3 is 2.32 bits per heavy atom. The summed E-state index contributed by atoms with van der Waals surface area (Å²) in [6, 6.07) is 9.17. The second-order valence-electron chi connectivity index (χ2n) is 5.21. The Balaban J connectivity index is 2.14. The number of nitrogens with zero attached hydrogens (tertiary/aromatic N) is 1. The maximum atomic E-state index is 13.7. The number of sulfonamides is 1. The molecule has 0 aliphatic heterocycles. The van der Waals surface area contributed by atoms with Crippen molar-refractivity contribution >= 4 is 27.4 Å². The van der Waals surface area contributed by atoms with Gasteiger partial charge in [0.15, 0.2) is 11.6 Å². The summed E-state index contributed by atoms with van der Waals surface area (Å²) in [7, 11) is -3.65. The molecule has 0 amide bonds. The predicted molar refractivity (Wildman–Crippen MR) is 90.8 cm³/mol. The minimum absolute atomic E-state index is 0.0142. The van der Waals surface area contributed by atoms with Gasteiger partial charge in [0.25, 0.3) is 0 Å². The van der Waals surface area contributed by atoms with Gasteiger partial charge >= 0.3 is 0 Å². The number of benzene rings is 2. The molecular formula is C16H11ClF2N2O3S. The van der Waals surface area contributed by atoms with Gasteiger partial charge in [-0.25, -0.2) is 17.2 Å². The lowest BCUT2D eigenvalue weighted by Crippen LogP contribution is -2.10. The Labute approximate surface area is 147 Å². The molecule has 0 fully saturated rings. The number of hydrogen-bond donors (Lipinski definition) is 1. The van der Waals surface area contributed by atoms with E-state index in [0.717, 1.165) is 12.3 Å². The highest BCUT2D eigenvalue weighted by Crippen LogP contribution is 2.35. The summed E-state index contributed by atoms with van der Waals surface area (Å²) < 4.78 is 57.7. The highest BCUT2D eigenvalue weighted by molar-refractivity contribution is 7.92. The minimum Gasteiger partial charge on any atom is -0.434 e. The number of aromatic nitrogens is 1. The van der Waals surface area contributed by atoms with Crippen molar-refractivity contribution in [1.29, 1.82) is 0 Å². The van der Waals surface area contributed by atoms with Crippen LogP contribution in [0.1, 0.15) is 0 Å². The van der Waals surface area contributed by atoms with Crippen LogP contribution in [-0.2, 0) is 10.0 Å². The van der Waals surface area contributed by atoms with Crippen LogP contribution in [0.4, 0.5) is 14.6 Å². The van der Waals surface area contributed by atoms with E-state index < -0.39 is 21.7 Å². The summed E-state index contributed by atoms with van der Waals surface area (Å²) >= 11 is 5.66. The van der Waals surface area contributed by atoms with Crippen molar-refractivity contribution in [3.05, 3.63) is 59.1 Å². The van der Waals surface area contributed by atoms with Gasteiger partial charge in [-0.2, -0.15) is 4.98 Å². The molecule has 1 aromatic heterocycles. The number of rotatable bonds is 4. The zero-order valence-corrected chi connectivity index (χ0v) is 14.3. The average molecular weight is 385 g/mol. The summed E-state index contributed by atoms with van der Waals surface area (Å²) in [5, 5.41) is -0.0837. The lowest BCUT2D eigenvalue weighted by molar-refractivity contribution is 0.585. The highest BCUT2D eigenvalue weighted by Gasteiger charge is 2.20. The van der Waals surface area contributed by atoms with Crippen LogP contribution in [0.2, 0.25) is 5.02 Å². The van der Waals surface area contributed by atoms with Crippen molar-refractivity contribution in [3.8, 4) is 22.8 Å².